The summed E-state index contributed by atoms with van der Waals surface area (Å²) in [7, 11) is -2.22. The summed E-state index contributed by atoms with van der Waals surface area (Å²) < 4.78 is 26.2. The number of β-amino-alcohol motifs (C(OH)–C–C–N with tert-alkyl or cyclic N) is 1. The number of amides is 1. The van der Waals surface area contributed by atoms with Crippen LogP contribution in [0.4, 0.5) is 5.69 Å². The van der Waals surface area contributed by atoms with Gasteiger partial charge in [0.05, 0.1) is 17.0 Å². The number of nitrogens with one attached hydrogen (secondary N) is 2. The predicted octanol–water partition coefficient (Wildman–Crippen LogP) is -0.402. The van der Waals surface area contributed by atoms with Crippen molar-refractivity contribution in [3.8, 4) is 0 Å². The SMILES string of the molecule is CC(=O)Nc1ccc(S(=O)(=O)N(C)[C@@H]2CNC[C@H]2O)cc1. The quantitative estimate of drug-likeness (QED) is 0.702. The molecule has 1 aromatic carbocycles. The molecule has 0 aliphatic carbocycles. The van der Waals surface area contributed by atoms with Crippen molar-refractivity contribution >= 4 is 21.6 Å². The molecule has 8 heteroatoms. The second-order valence-corrected chi connectivity index (χ2v) is 7.02. The van der Waals surface area contributed by atoms with E-state index in [-0.39, 0.29) is 10.8 Å². The van der Waals surface area contributed by atoms with Gasteiger partial charge in [-0.05, 0) is 24.3 Å². The van der Waals surface area contributed by atoms with E-state index in [0.717, 1.165) is 0 Å². The van der Waals surface area contributed by atoms with E-state index in [9.17, 15) is 18.3 Å². The predicted molar refractivity (Wildman–Crippen MR) is 78.4 cm³/mol. The normalized spacial score (nSPS) is 22.5. The van der Waals surface area contributed by atoms with E-state index >= 15 is 0 Å². The van der Waals surface area contributed by atoms with E-state index < -0.39 is 22.2 Å². The Morgan fingerprint density at radius 3 is 2.43 bits per heavy atom. The first-order valence-corrected chi connectivity index (χ1v) is 8.01. The van der Waals surface area contributed by atoms with Gasteiger partial charge < -0.3 is 15.7 Å². The van der Waals surface area contributed by atoms with Crippen molar-refractivity contribution in [2.45, 2.75) is 24.0 Å². The maximum Gasteiger partial charge on any atom is 0.243 e. The summed E-state index contributed by atoms with van der Waals surface area (Å²) in [5, 5.41) is 15.3. The number of likely N-dealkylation sites (N-methyl/N-ethyl adjacent to an activating group) is 1. The maximum absolute atomic E-state index is 12.5. The van der Waals surface area contributed by atoms with Crippen LogP contribution in [0.3, 0.4) is 0 Å². The monoisotopic (exact) mass is 313 g/mol. The third-order valence-electron chi connectivity index (χ3n) is 3.47. The van der Waals surface area contributed by atoms with E-state index in [4.69, 9.17) is 0 Å². The van der Waals surface area contributed by atoms with Gasteiger partial charge in [0.25, 0.3) is 0 Å². The molecule has 21 heavy (non-hydrogen) atoms. The molecular weight excluding hydrogens is 294 g/mol. The zero-order valence-electron chi connectivity index (χ0n) is 11.9. The Bertz CT molecular complexity index is 615. The summed E-state index contributed by atoms with van der Waals surface area (Å²) in [6, 6.07) is 5.46. The van der Waals surface area contributed by atoms with Crippen molar-refractivity contribution in [3.63, 3.8) is 0 Å². The zero-order valence-corrected chi connectivity index (χ0v) is 12.7. The van der Waals surface area contributed by atoms with Gasteiger partial charge in [0.2, 0.25) is 15.9 Å². The van der Waals surface area contributed by atoms with Gasteiger partial charge in [0, 0.05) is 32.7 Å². The lowest BCUT2D eigenvalue weighted by Crippen LogP contribution is -2.44. The molecule has 116 valence electrons. The second kappa shape index (κ2) is 6.10. The van der Waals surface area contributed by atoms with Gasteiger partial charge in [-0.25, -0.2) is 8.42 Å². The first-order chi connectivity index (χ1) is 9.82. The van der Waals surface area contributed by atoms with Crippen LogP contribution in [0, 0.1) is 0 Å². The van der Waals surface area contributed by atoms with Crippen LogP contribution in [0.25, 0.3) is 0 Å². The Hall–Kier alpha value is -1.48. The molecule has 1 aliphatic rings. The number of rotatable bonds is 4. The Morgan fingerprint density at radius 1 is 1.33 bits per heavy atom. The van der Waals surface area contributed by atoms with Gasteiger partial charge >= 0.3 is 0 Å². The molecule has 0 saturated carbocycles. The lowest BCUT2D eigenvalue weighted by Gasteiger charge is -2.25. The van der Waals surface area contributed by atoms with Gasteiger partial charge in [-0.3, -0.25) is 4.79 Å². The number of hydrogen-bond acceptors (Lipinski definition) is 5. The van der Waals surface area contributed by atoms with Crippen molar-refractivity contribution < 1.29 is 18.3 Å². The highest BCUT2D eigenvalue weighted by Crippen LogP contribution is 2.21. The smallest absolute Gasteiger partial charge is 0.243 e. The summed E-state index contributed by atoms with van der Waals surface area (Å²) in [4.78, 5) is 11.1. The highest BCUT2D eigenvalue weighted by Gasteiger charge is 2.35. The average molecular weight is 313 g/mol. The molecule has 1 heterocycles. The Kier molecular flexibility index (Phi) is 4.62. The van der Waals surface area contributed by atoms with E-state index in [1.165, 1.54) is 42.5 Å². The number of anilines is 1. The number of hydrogen-bond donors (Lipinski definition) is 3. The molecule has 7 nitrogen and oxygen atoms in total. The molecule has 1 saturated heterocycles. The summed E-state index contributed by atoms with van der Waals surface area (Å²) in [6.45, 7) is 2.18. The summed E-state index contributed by atoms with van der Waals surface area (Å²) in [5.74, 6) is -0.220. The fourth-order valence-corrected chi connectivity index (χ4v) is 3.66. The summed E-state index contributed by atoms with van der Waals surface area (Å²) in [5.41, 5.74) is 0.534. The molecule has 3 N–H and O–H groups in total. The number of aliphatic hydroxyl groups excluding tert-OH is 1. The van der Waals surface area contributed by atoms with Crippen LogP contribution in [0.5, 0.6) is 0 Å². The molecule has 1 amide bonds. The van der Waals surface area contributed by atoms with E-state index in [0.29, 0.717) is 18.8 Å². The van der Waals surface area contributed by atoms with Crippen LogP contribution in [-0.4, -0.2) is 56.0 Å². The average Bonchev–Trinajstić information content (AvgIpc) is 2.84. The maximum atomic E-state index is 12.5. The van der Waals surface area contributed by atoms with Gasteiger partial charge in [-0.1, -0.05) is 0 Å². The molecule has 2 rings (SSSR count). The third kappa shape index (κ3) is 3.41. The Morgan fingerprint density at radius 2 is 1.95 bits per heavy atom. The third-order valence-corrected chi connectivity index (χ3v) is 5.37. The summed E-state index contributed by atoms with van der Waals surface area (Å²) >= 11 is 0. The molecule has 1 aromatic rings. The zero-order chi connectivity index (χ0) is 15.6. The van der Waals surface area contributed by atoms with E-state index in [1.54, 1.807) is 0 Å². The topological polar surface area (TPSA) is 98.7 Å². The fourth-order valence-electron chi connectivity index (χ4n) is 2.28. The van der Waals surface area contributed by atoms with Gasteiger partial charge in [0.15, 0.2) is 0 Å². The lowest BCUT2D eigenvalue weighted by molar-refractivity contribution is -0.114. The van der Waals surface area contributed by atoms with Crippen LogP contribution in [0.15, 0.2) is 29.2 Å². The van der Waals surface area contributed by atoms with Crippen molar-refractivity contribution in [3.05, 3.63) is 24.3 Å². The minimum absolute atomic E-state index is 0.123. The molecular formula is C13H19N3O4S. The second-order valence-electron chi connectivity index (χ2n) is 5.02. The van der Waals surface area contributed by atoms with Gasteiger partial charge in [-0.15, -0.1) is 0 Å². The molecule has 2 atom stereocenters. The lowest BCUT2D eigenvalue weighted by atomic mass is 10.2. The Balaban J connectivity index is 2.20. The highest BCUT2D eigenvalue weighted by molar-refractivity contribution is 7.89. The highest BCUT2D eigenvalue weighted by atomic mass is 32.2. The number of benzene rings is 1. The minimum atomic E-state index is -3.68. The van der Waals surface area contributed by atoms with Crippen LogP contribution >= 0.6 is 0 Å². The number of carbonyl (C=O) groups excluding carboxylic acids is 1. The van der Waals surface area contributed by atoms with Crippen LogP contribution in [0.2, 0.25) is 0 Å². The number of carbonyl (C=O) groups is 1. The largest absolute Gasteiger partial charge is 0.390 e. The van der Waals surface area contributed by atoms with Crippen molar-refractivity contribution in [2.24, 2.45) is 0 Å². The van der Waals surface area contributed by atoms with E-state index in [1.807, 2.05) is 0 Å². The Labute approximate surface area is 124 Å². The molecule has 1 aliphatic heterocycles. The molecule has 0 aromatic heterocycles. The van der Waals surface area contributed by atoms with Crippen molar-refractivity contribution in [1.29, 1.82) is 0 Å². The number of nitrogens with zero attached hydrogens (tertiary/aromatic N) is 1. The molecule has 0 unspecified atom stereocenters. The fraction of sp³-hybridized carbons (Fsp3) is 0.462. The van der Waals surface area contributed by atoms with Crippen molar-refractivity contribution in [1.82, 2.24) is 9.62 Å². The number of aliphatic hydroxyl groups is 1. The van der Waals surface area contributed by atoms with Crippen molar-refractivity contribution in [2.75, 3.05) is 25.5 Å². The van der Waals surface area contributed by atoms with Crippen LogP contribution < -0.4 is 10.6 Å². The summed E-state index contributed by atoms with van der Waals surface area (Å²) in [6.07, 6.45) is -0.719. The van der Waals surface area contributed by atoms with Crippen LogP contribution in [0.1, 0.15) is 6.92 Å². The van der Waals surface area contributed by atoms with Gasteiger partial charge in [0.1, 0.15) is 0 Å². The molecule has 0 bridgehead atoms. The van der Waals surface area contributed by atoms with Gasteiger partial charge in [-0.2, -0.15) is 4.31 Å². The standard InChI is InChI=1S/C13H19N3O4S/c1-9(17)15-10-3-5-11(6-4-10)21(19,20)16(2)12-7-14-8-13(12)18/h3-6,12-14,18H,7-8H2,1-2H3,(H,15,17)/t12-,13-/m1/s1. The number of sulfonamides is 1. The van der Waals surface area contributed by atoms with Crippen LogP contribution in [-0.2, 0) is 14.8 Å². The molecule has 1 fully saturated rings. The first-order valence-electron chi connectivity index (χ1n) is 6.57. The first kappa shape index (κ1) is 15.9. The minimum Gasteiger partial charge on any atom is -0.390 e. The van der Waals surface area contributed by atoms with E-state index in [2.05, 4.69) is 10.6 Å². The molecule has 0 spiro atoms. The molecule has 0 radical (unpaired) electrons.